The average molecular weight is 239 g/mol. The first-order chi connectivity index (χ1) is 8.00. The highest BCUT2D eigenvalue weighted by Crippen LogP contribution is 2.45. The SMILES string of the molecule is COC(=O)C1CC2(CCO2)C(=O)/C1=C\N(C)C. The van der Waals surface area contributed by atoms with Gasteiger partial charge in [-0.1, -0.05) is 0 Å². The maximum Gasteiger partial charge on any atom is 0.313 e. The van der Waals surface area contributed by atoms with Gasteiger partial charge in [0.05, 0.1) is 19.6 Å². The third kappa shape index (κ3) is 1.84. The molecule has 2 fully saturated rings. The quantitative estimate of drug-likeness (QED) is 0.514. The normalized spacial score (nSPS) is 33.9. The monoisotopic (exact) mass is 239 g/mol. The molecule has 5 heteroatoms. The van der Waals surface area contributed by atoms with E-state index in [9.17, 15) is 9.59 Å². The summed E-state index contributed by atoms with van der Waals surface area (Å²) in [6.45, 7) is 0.592. The zero-order chi connectivity index (χ0) is 12.6. The highest BCUT2D eigenvalue weighted by Gasteiger charge is 2.57. The Labute approximate surface area is 100 Å². The summed E-state index contributed by atoms with van der Waals surface area (Å²) in [5, 5.41) is 0. The van der Waals surface area contributed by atoms with Gasteiger partial charge in [0.1, 0.15) is 5.60 Å². The molecular formula is C12H17NO4. The summed E-state index contributed by atoms with van der Waals surface area (Å²) in [6, 6.07) is 0. The Balaban J connectivity index is 2.31. The van der Waals surface area contributed by atoms with Gasteiger partial charge in [0, 0.05) is 38.7 Å². The first-order valence-electron chi connectivity index (χ1n) is 5.65. The fraction of sp³-hybridized carbons (Fsp3) is 0.667. The van der Waals surface area contributed by atoms with E-state index >= 15 is 0 Å². The zero-order valence-electron chi connectivity index (χ0n) is 10.4. The molecule has 1 saturated carbocycles. The van der Waals surface area contributed by atoms with Crippen LogP contribution in [0.4, 0.5) is 0 Å². The van der Waals surface area contributed by atoms with Crippen molar-refractivity contribution in [2.45, 2.75) is 18.4 Å². The molecule has 2 rings (SSSR count). The van der Waals surface area contributed by atoms with E-state index in [4.69, 9.17) is 9.47 Å². The van der Waals surface area contributed by atoms with Gasteiger partial charge in [-0.3, -0.25) is 9.59 Å². The van der Waals surface area contributed by atoms with Gasteiger partial charge in [-0.25, -0.2) is 0 Å². The number of Topliss-reactive ketones (excluding diaryl/α,β-unsaturated/α-hetero) is 1. The van der Waals surface area contributed by atoms with Gasteiger partial charge in [0.25, 0.3) is 0 Å². The fourth-order valence-electron chi connectivity index (χ4n) is 2.42. The number of ether oxygens (including phenoxy) is 2. The number of carbonyl (C=O) groups excluding carboxylic acids is 2. The van der Waals surface area contributed by atoms with Crippen molar-refractivity contribution in [2.75, 3.05) is 27.8 Å². The predicted molar refractivity (Wildman–Crippen MR) is 60.2 cm³/mol. The van der Waals surface area contributed by atoms with Gasteiger partial charge in [-0.05, 0) is 0 Å². The minimum Gasteiger partial charge on any atom is -0.469 e. The van der Waals surface area contributed by atoms with Crippen LogP contribution in [0.15, 0.2) is 11.8 Å². The number of nitrogens with zero attached hydrogens (tertiary/aromatic N) is 1. The summed E-state index contributed by atoms with van der Waals surface area (Å²) < 4.78 is 10.2. The lowest BCUT2D eigenvalue weighted by molar-refractivity contribution is -0.168. The van der Waals surface area contributed by atoms with Crippen molar-refractivity contribution in [3.63, 3.8) is 0 Å². The van der Waals surface area contributed by atoms with Crippen LogP contribution in [0.1, 0.15) is 12.8 Å². The molecule has 1 saturated heterocycles. The molecule has 1 spiro atoms. The van der Waals surface area contributed by atoms with Crippen molar-refractivity contribution in [1.29, 1.82) is 0 Å². The molecule has 2 aliphatic rings. The molecule has 2 atom stereocenters. The van der Waals surface area contributed by atoms with E-state index in [2.05, 4.69) is 0 Å². The highest BCUT2D eigenvalue weighted by molar-refractivity contribution is 6.09. The smallest absolute Gasteiger partial charge is 0.313 e. The van der Waals surface area contributed by atoms with Crippen LogP contribution in [0.3, 0.4) is 0 Å². The number of hydrogen-bond donors (Lipinski definition) is 0. The number of methoxy groups -OCH3 is 1. The summed E-state index contributed by atoms with van der Waals surface area (Å²) in [5.74, 6) is -0.915. The molecule has 0 radical (unpaired) electrons. The summed E-state index contributed by atoms with van der Waals surface area (Å²) in [5.41, 5.74) is -0.248. The second-order valence-corrected chi connectivity index (χ2v) is 4.75. The maximum absolute atomic E-state index is 12.2. The number of rotatable bonds is 2. The Morgan fingerprint density at radius 2 is 2.24 bits per heavy atom. The molecule has 17 heavy (non-hydrogen) atoms. The van der Waals surface area contributed by atoms with Crippen LogP contribution < -0.4 is 0 Å². The Kier molecular flexibility index (Phi) is 2.95. The van der Waals surface area contributed by atoms with Gasteiger partial charge in [-0.15, -0.1) is 0 Å². The molecule has 94 valence electrons. The number of ketones is 1. The molecule has 1 aliphatic carbocycles. The summed E-state index contributed by atoms with van der Waals surface area (Å²) in [6.07, 6.45) is 2.81. The van der Waals surface area contributed by atoms with Crippen molar-refractivity contribution < 1.29 is 19.1 Å². The van der Waals surface area contributed by atoms with Gasteiger partial charge in [-0.2, -0.15) is 0 Å². The van der Waals surface area contributed by atoms with E-state index in [1.54, 1.807) is 11.1 Å². The summed E-state index contributed by atoms with van der Waals surface area (Å²) in [7, 11) is 4.98. The molecule has 2 unspecified atom stereocenters. The summed E-state index contributed by atoms with van der Waals surface area (Å²) in [4.78, 5) is 25.7. The van der Waals surface area contributed by atoms with Crippen LogP contribution in [-0.2, 0) is 19.1 Å². The van der Waals surface area contributed by atoms with Crippen LogP contribution in [0.25, 0.3) is 0 Å². The molecular weight excluding hydrogens is 222 g/mol. The second-order valence-electron chi connectivity index (χ2n) is 4.75. The molecule has 0 amide bonds. The Morgan fingerprint density at radius 1 is 1.59 bits per heavy atom. The van der Waals surface area contributed by atoms with Crippen LogP contribution in [-0.4, -0.2) is 50.1 Å². The Bertz CT molecular complexity index is 382. The first kappa shape index (κ1) is 12.1. The van der Waals surface area contributed by atoms with E-state index < -0.39 is 11.5 Å². The lowest BCUT2D eigenvalue weighted by Gasteiger charge is -2.36. The van der Waals surface area contributed by atoms with Crippen LogP contribution in [0.5, 0.6) is 0 Å². The third-order valence-electron chi connectivity index (χ3n) is 3.35. The van der Waals surface area contributed by atoms with Crippen molar-refractivity contribution in [1.82, 2.24) is 4.90 Å². The van der Waals surface area contributed by atoms with Crippen LogP contribution in [0, 0.1) is 5.92 Å². The number of carbonyl (C=O) groups is 2. The number of esters is 1. The molecule has 1 aliphatic heterocycles. The lowest BCUT2D eigenvalue weighted by atomic mass is 9.91. The fourth-order valence-corrected chi connectivity index (χ4v) is 2.42. The standard InChI is InChI=1S/C12H17NO4/c1-13(2)7-9-8(11(15)16-3)6-12(10(9)14)4-5-17-12/h7-8H,4-6H2,1-3H3/b9-7-. The molecule has 5 nitrogen and oxygen atoms in total. The Morgan fingerprint density at radius 3 is 2.65 bits per heavy atom. The van der Waals surface area contributed by atoms with Gasteiger partial charge >= 0.3 is 5.97 Å². The van der Waals surface area contributed by atoms with E-state index in [-0.39, 0.29) is 11.8 Å². The van der Waals surface area contributed by atoms with Crippen molar-refractivity contribution >= 4 is 11.8 Å². The predicted octanol–water partition coefficient (Wildman–Crippen LogP) is 0.353. The zero-order valence-corrected chi connectivity index (χ0v) is 10.4. The second kappa shape index (κ2) is 4.14. The third-order valence-corrected chi connectivity index (χ3v) is 3.35. The summed E-state index contributed by atoms with van der Waals surface area (Å²) >= 11 is 0. The van der Waals surface area contributed by atoms with Crippen molar-refractivity contribution in [2.24, 2.45) is 5.92 Å². The van der Waals surface area contributed by atoms with Crippen molar-refractivity contribution in [3.05, 3.63) is 11.8 Å². The highest BCUT2D eigenvalue weighted by atomic mass is 16.5. The minimum atomic E-state index is -0.749. The van der Waals surface area contributed by atoms with Crippen LogP contribution in [0.2, 0.25) is 0 Å². The molecule has 0 N–H and O–H groups in total. The first-order valence-corrected chi connectivity index (χ1v) is 5.65. The van der Waals surface area contributed by atoms with Gasteiger partial charge in [0.15, 0.2) is 5.78 Å². The maximum atomic E-state index is 12.2. The van der Waals surface area contributed by atoms with Gasteiger partial charge in [0.2, 0.25) is 0 Å². The van der Waals surface area contributed by atoms with E-state index in [1.807, 2.05) is 14.1 Å². The van der Waals surface area contributed by atoms with Crippen molar-refractivity contribution in [3.8, 4) is 0 Å². The van der Waals surface area contributed by atoms with E-state index in [1.165, 1.54) is 7.11 Å². The molecule has 0 aromatic carbocycles. The topological polar surface area (TPSA) is 55.8 Å². The Hall–Kier alpha value is -1.36. The van der Waals surface area contributed by atoms with Crippen LogP contribution >= 0.6 is 0 Å². The minimum absolute atomic E-state index is 0.0622. The molecule has 0 bridgehead atoms. The molecule has 1 heterocycles. The average Bonchev–Trinajstić information content (AvgIpc) is 2.51. The van der Waals surface area contributed by atoms with Gasteiger partial charge < -0.3 is 14.4 Å². The largest absolute Gasteiger partial charge is 0.469 e. The lowest BCUT2D eigenvalue weighted by Crippen LogP contribution is -2.47. The van der Waals surface area contributed by atoms with E-state index in [0.717, 1.165) is 0 Å². The molecule has 0 aromatic rings. The number of hydrogen-bond acceptors (Lipinski definition) is 5. The van der Waals surface area contributed by atoms with E-state index in [0.29, 0.717) is 25.0 Å². The molecule has 0 aromatic heterocycles.